The summed E-state index contributed by atoms with van der Waals surface area (Å²) < 4.78 is 11.6. The third-order valence-electron chi connectivity index (χ3n) is 4.76. The van der Waals surface area contributed by atoms with Crippen molar-refractivity contribution < 1.29 is 9.47 Å². The van der Waals surface area contributed by atoms with Crippen LogP contribution in [0.3, 0.4) is 0 Å². The minimum atomic E-state index is 0.0731. The fourth-order valence-corrected chi connectivity index (χ4v) is 3.83. The standard InChI is InChI=1S/C14H28N2O2/c1-10-7-14(9-15,8-11(2)18-10)16(4)13-5-6-17-12(13)3/h10-13H,5-9,15H2,1-4H3. The maximum Gasteiger partial charge on any atom is 0.0703 e. The van der Waals surface area contributed by atoms with Gasteiger partial charge in [-0.1, -0.05) is 0 Å². The van der Waals surface area contributed by atoms with Crippen LogP contribution in [0.2, 0.25) is 0 Å². The number of ether oxygens (including phenoxy) is 2. The van der Waals surface area contributed by atoms with Gasteiger partial charge in [-0.15, -0.1) is 0 Å². The molecule has 2 fully saturated rings. The number of hydrogen-bond acceptors (Lipinski definition) is 4. The van der Waals surface area contributed by atoms with Crippen LogP contribution < -0.4 is 5.73 Å². The van der Waals surface area contributed by atoms with Gasteiger partial charge in [0.15, 0.2) is 0 Å². The van der Waals surface area contributed by atoms with E-state index in [1.165, 1.54) is 0 Å². The Labute approximate surface area is 111 Å². The van der Waals surface area contributed by atoms with E-state index in [-0.39, 0.29) is 17.7 Å². The molecule has 0 saturated carbocycles. The molecule has 0 aromatic rings. The summed E-state index contributed by atoms with van der Waals surface area (Å²) in [5.41, 5.74) is 6.21. The zero-order valence-electron chi connectivity index (χ0n) is 12.2. The molecule has 4 heteroatoms. The van der Waals surface area contributed by atoms with Crippen molar-refractivity contribution in [3.05, 3.63) is 0 Å². The van der Waals surface area contributed by atoms with Gasteiger partial charge in [0.1, 0.15) is 0 Å². The van der Waals surface area contributed by atoms with E-state index in [0.717, 1.165) is 25.9 Å². The van der Waals surface area contributed by atoms with Crippen molar-refractivity contribution in [1.29, 1.82) is 0 Å². The van der Waals surface area contributed by atoms with Crippen molar-refractivity contribution >= 4 is 0 Å². The largest absolute Gasteiger partial charge is 0.377 e. The minimum absolute atomic E-state index is 0.0731. The molecule has 4 atom stereocenters. The van der Waals surface area contributed by atoms with E-state index >= 15 is 0 Å². The van der Waals surface area contributed by atoms with Crippen LogP contribution >= 0.6 is 0 Å². The molecule has 0 radical (unpaired) electrons. The molecule has 2 rings (SSSR count). The number of rotatable bonds is 3. The molecule has 18 heavy (non-hydrogen) atoms. The van der Waals surface area contributed by atoms with Crippen molar-refractivity contribution in [1.82, 2.24) is 4.90 Å². The summed E-state index contributed by atoms with van der Waals surface area (Å²) in [7, 11) is 2.22. The Hall–Kier alpha value is -0.160. The van der Waals surface area contributed by atoms with Crippen molar-refractivity contribution in [3.63, 3.8) is 0 Å². The second-order valence-electron chi connectivity index (χ2n) is 6.14. The number of nitrogens with zero attached hydrogens (tertiary/aromatic N) is 1. The smallest absolute Gasteiger partial charge is 0.0703 e. The van der Waals surface area contributed by atoms with Crippen LogP contribution in [0.15, 0.2) is 0 Å². The third kappa shape index (κ3) is 2.57. The first-order valence-electron chi connectivity index (χ1n) is 7.18. The molecule has 0 aliphatic carbocycles. The molecular weight excluding hydrogens is 228 g/mol. The van der Waals surface area contributed by atoms with Crippen molar-refractivity contribution in [2.45, 2.75) is 69.9 Å². The zero-order chi connectivity index (χ0) is 13.3. The molecule has 0 amide bonds. The second-order valence-corrected chi connectivity index (χ2v) is 6.14. The molecule has 2 saturated heterocycles. The lowest BCUT2D eigenvalue weighted by Crippen LogP contribution is -2.62. The Bertz CT molecular complexity index is 275. The van der Waals surface area contributed by atoms with E-state index in [0.29, 0.717) is 18.7 Å². The van der Waals surface area contributed by atoms with Gasteiger partial charge in [-0.2, -0.15) is 0 Å². The fraction of sp³-hybridized carbons (Fsp3) is 1.00. The second kappa shape index (κ2) is 5.45. The first-order valence-corrected chi connectivity index (χ1v) is 7.18. The quantitative estimate of drug-likeness (QED) is 0.829. The molecule has 0 aromatic carbocycles. The molecule has 0 spiro atoms. The first-order chi connectivity index (χ1) is 8.48. The van der Waals surface area contributed by atoms with E-state index < -0.39 is 0 Å². The van der Waals surface area contributed by atoms with Crippen molar-refractivity contribution in [2.24, 2.45) is 5.73 Å². The Kier molecular flexibility index (Phi) is 4.32. The van der Waals surface area contributed by atoms with Gasteiger partial charge in [-0.05, 0) is 47.1 Å². The van der Waals surface area contributed by atoms with Crippen LogP contribution in [-0.4, -0.2) is 55.0 Å². The summed E-state index contributed by atoms with van der Waals surface area (Å²) in [4.78, 5) is 2.49. The van der Waals surface area contributed by atoms with Gasteiger partial charge in [-0.25, -0.2) is 0 Å². The topological polar surface area (TPSA) is 47.7 Å². The highest BCUT2D eigenvalue weighted by Crippen LogP contribution is 2.36. The minimum Gasteiger partial charge on any atom is -0.377 e. The van der Waals surface area contributed by atoms with Crippen LogP contribution in [0.4, 0.5) is 0 Å². The maximum absolute atomic E-state index is 6.14. The average molecular weight is 256 g/mol. The van der Waals surface area contributed by atoms with E-state index in [9.17, 15) is 0 Å². The lowest BCUT2D eigenvalue weighted by molar-refractivity contribution is -0.110. The Balaban J connectivity index is 2.15. The summed E-state index contributed by atoms with van der Waals surface area (Å²) >= 11 is 0. The normalized spacial score (nSPS) is 45.7. The van der Waals surface area contributed by atoms with E-state index in [4.69, 9.17) is 15.2 Å². The SMILES string of the molecule is CC1CC(CN)(N(C)C2CCOC2C)CC(C)O1. The summed E-state index contributed by atoms with van der Waals surface area (Å²) in [5.74, 6) is 0. The monoisotopic (exact) mass is 256 g/mol. The van der Waals surface area contributed by atoms with E-state index in [1.807, 2.05) is 0 Å². The summed E-state index contributed by atoms with van der Waals surface area (Å²) in [6.45, 7) is 8.05. The first kappa shape index (κ1) is 14.3. The maximum atomic E-state index is 6.14. The molecule has 2 N–H and O–H groups in total. The lowest BCUT2D eigenvalue weighted by atomic mass is 9.81. The molecule has 0 aromatic heterocycles. The van der Waals surface area contributed by atoms with Crippen molar-refractivity contribution in [2.75, 3.05) is 20.2 Å². The average Bonchev–Trinajstić information content (AvgIpc) is 2.73. The van der Waals surface area contributed by atoms with Gasteiger partial charge in [-0.3, -0.25) is 4.90 Å². The van der Waals surface area contributed by atoms with Gasteiger partial charge in [0.05, 0.1) is 18.3 Å². The van der Waals surface area contributed by atoms with Gasteiger partial charge < -0.3 is 15.2 Å². The van der Waals surface area contributed by atoms with Crippen molar-refractivity contribution in [3.8, 4) is 0 Å². The highest BCUT2D eigenvalue weighted by Gasteiger charge is 2.45. The van der Waals surface area contributed by atoms with Crippen LogP contribution in [0.1, 0.15) is 40.0 Å². The zero-order valence-corrected chi connectivity index (χ0v) is 12.2. The van der Waals surface area contributed by atoms with Crippen LogP contribution in [0, 0.1) is 0 Å². The number of likely N-dealkylation sites (N-methyl/N-ethyl adjacent to an activating group) is 1. The molecule has 106 valence electrons. The van der Waals surface area contributed by atoms with Gasteiger partial charge in [0.2, 0.25) is 0 Å². The highest BCUT2D eigenvalue weighted by atomic mass is 16.5. The molecule has 4 unspecified atom stereocenters. The molecule has 4 nitrogen and oxygen atoms in total. The highest BCUT2D eigenvalue weighted by molar-refractivity contribution is 5.00. The molecule has 0 bridgehead atoms. The lowest BCUT2D eigenvalue weighted by Gasteiger charge is -2.50. The van der Waals surface area contributed by atoms with E-state index in [2.05, 4.69) is 32.7 Å². The Morgan fingerprint density at radius 2 is 1.83 bits per heavy atom. The summed E-state index contributed by atoms with van der Waals surface area (Å²) in [5, 5.41) is 0. The molecule has 2 aliphatic rings. The predicted octanol–water partition coefficient (Wildman–Crippen LogP) is 1.38. The van der Waals surface area contributed by atoms with Gasteiger partial charge >= 0.3 is 0 Å². The molecule has 2 heterocycles. The molecule has 2 aliphatic heterocycles. The summed E-state index contributed by atoms with van der Waals surface area (Å²) in [6, 6.07) is 0.492. The van der Waals surface area contributed by atoms with Crippen LogP contribution in [0.5, 0.6) is 0 Å². The Morgan fingerprint density at radius 3 is 2.28 bits per heavy atom. The fourth-order valence-electron chi connectivity index (χ4n) is 3.83. The molecular formula is C14H28N2O2. The van der Waals surface area contributed by atoms with Gasteiger partial charge in [0.25, 0.3) is 0 Å². The Morgan fingerprint density at radius 1 is 1.22 bits per heavy atom. The third-order valence-corrected chi connectivity index (χ3v) is 4.76. The van der Waals surface area contributed by atoms with Crippen LogP contribution in [0.25, 0.3) is 0 Å². The van der Waals surface area contributed by atoms with Crippen LogP contribution in [-0.2, 0) is 9.47 Å². The number of hydrogen-bond donors (Lipinski definition) is 1. The van der Waals surface area contributed by atoms with Gasteiger partial charge in [0, 0.05) is 24.7 Å². The summed E-state index contributed by atoms with van der Waals surface area (Å²) in [6.07, 6.45) is 4.05. The predicted molar refractivity (Wildman–Crippen MR) is 72.6 cm³/mol. The van der Waals surface area contributed by atoms with E-state index in [1.54, 1.807) is 0 Å². The number of nitrogens with two attached hydrogens (primary N) is 1.